The van der Waals surface area contributed by atoms with Gasteiger partial charge in [-0.2, -0.15) is 0 Å². The van der Waals surface area contributed by atoms with Gasteiger partial charge < -0.3 is 14.8 Å². The van der Waals surface area contributed by atoms with Gasteiger partial charge in [-0.15, -0.1) is 0 Å². The third-order valence-corrected chi connectivity index (χ3v) is 4.48. The molecular formula is C16H20BrN3O. The summed E-state index contributed by atoms with van der Waals surface area (Å²) >= 11 is 3.52. The second-order valence-electron chi connectivity index (χ2n) is 5.75. The summed E-state index contributed by atoms with van der Waals surface area (Å²) in [4.78, 5) is 14.8. The van der Waals surface area contributed by atoms with Crippen molar-refractivity contribution >= 4 is 32.7 Å². The molecular weight excluding hydrogens is 330 g/mol. The van der Waals surface area contributed by atoms with Gasteiger partial charge in [0.15, 0.2) is 0 Å². The topological polar surface area (TPSA) is 37.3 Å². The number of carbonyl (C=O) groups excluding carboxylic acids is 1. The monoisotopic (exact) mass is 349 g/mol. The highest BCUT2D eigenvalue weighted by atomic mass is 79.9. The van der Waals surface area contributed by atoms with Crippen molar-refractivity contribution in [2.24, 2.45) is 0 Å². The Bertz CT molecular complexity index is 671. The molecule has 2 aromatic rings. The molecule has 3 rings (SSSR count). The minimum absolute atomic E-state index is 0.142. The van der Waals surface area contributed by atoms with Crippen LogP contribution in [0.2, 0.25) is 0 Å². The zero-order valence-electron chi connectivity index (χ0n) is 12.4. The molecule has 2 heterocycles. The Morgan fingerprint density at radius 1 is 1.29 bits per heavy atom. The van der Waals surface area contributed by atoms with E-state index in [4.69, 9.17) is 0 Å². The van der Waals surface area contributed by atoms with Crippen LogP contribution in [0.1, 0.15) is 30.2 Å². The first-order valence-corrected chi connectivity index (χ1v) is 8.17. The van der Waals surface area contributed by atoms with Crippen LogP contribution in [0.15, 0.2) is 28.9 Å². The Kier molecular flexibility index (Phi) is 4.04. The van der Waals surface area contributed by atoms with Crippen molar-refractivity contribution in [3.8, 4) is 0 Å². The van der Waals surface area contributed by atoms with Crippen LogP contribution < -0.4 is 5.32 Å². The molecule has 21 heavy (non-hydrogen) atoms. The average Bonchev–Trinajstić information content (AvgIpc) is 2.86. The number of piperazine rings is 1. The highest BCUT2D eigenvalue weighted by Gasteiger charge is 2.22. The van der Waals surface area contributed by atoms with Crippen molar-refractivity contribution in [1.29, 1.82) is 0 Å². The number of amides is 1. The van der Waals surface area contributed by atoms with Gasteiger partial charge in [-0.25, -0.2) is 0 Å². The van der Waals surface area contributed by atoms with Gasteiger partial charge in [0.05, 0.1) is 11.1 Å². The van der Waals surface area contributed by atoms with Crippen molar-refractivity contribution in [2.75, 3.05) is 26.2 Å². The molecule has 0 aliphatic carbocycles. The van der Waals surface area contributed by atoms with Crippen LogP contribution in [0.25, 0.3) is 10.9 Å². The third-order valence-electron chi connectivity index (χ3n) is 3.99. The summed E-state index contributed by atoms with van der Waals surface area (Å²) in [5, 5.41) is 4.32. The van der Waals surface area contributed by atoms with E-state index in [1.54, 1.807) is 0 Å². The number of aromatic nitrogens is 1. The summed E-state index contributed by atoms with van der Waals surface area (Å²) < 4.78 is 3.21. The lowest BCUT2D eigenvalue weighted by atomic mass is 10.1. The van der Waals surface area contributed by atoms with Gasteiger partial charge in [0.2, 0.25) is 0 Å². The highest BCUT2D eigenvalue weighted by Crippen LogP contribution is 2.28. The van der Waals surface area contributed by atoms with Gasteiger partial charge in [-0.1, -0.05) is 22.0 Å². The van der Waals surface area contributed by atoms with Crippen LogP contribution in [-0.4, -0.2) is 41.6 Å². The first-order chi connectivity index (χ1) is 10.1. The second-order valence-corrected chi connectivity index (χ2v) is 6.66. The van der Waals surface area contributed by atoms with Gasteiger partial charge in [0.25, 0.3) is 5.91 Å². The minimum atomic E-state index is 0.142. The Labute approximate surface area is 133 Å². The maximum Gasteiger partial charge on any atom is 0.256 e. The fraction of sp³-hybridized carbons (Fsp3) is 0.438. The van der Waals surface area contributed by atoms with E-state index in [-0.39, 0.29) is 5.91 Å². The first-order valence-electron chi connectivity index (χ1n) is 7.38. The summed E-state index contributed by atoms with van der Waals surface area (Å²) in [5.74, 6) is 0.142. The molecule has 1 aromatic heterocycles. The maximum atomic E-state index is 12.8. The standard InChI is InChI=1S/C16H20BrN3O/c1-11(2)20-10-14(13-4-3-12(17)9-15(13)20)16(21)19-7-5-18-6-8-19/h3-4,9-11,18H,5-8H2,1-2H3. The molecule has 0 bridgehead atoms. The molecule has 0 spiro atoms. The van der Waals surface area contributed by atoms with E-state index in [2.05, 4.69) is 45.7 Å². The highest BCUT2D eigenvalue weighted by molar-refractivity contribution is 9.10. The number of carbonyl (C=O) groups is 1. The number of benzene rings is 1. The molecule has 112 valence electrons. The first kappa shape index (κ1) is 14.6. The number of nitrogens with zero attached hydrogens (tertiary/aromatic N) is 2. The number of rotatable bonds is 2. The van der Waals surface area contributed by atoms with Crippen molar-refractivity contribution in [2.45, 2.75) is 19.9 Å². The van der Waals surface area contributed by atoms with E-state index in [1.165, 1.54) is 0 Å². The van der Waals surface area contributed by atoms with Crippen molar-refractivity contribution < 1.29 is 4.79 Å². The van der Waals surface area contributed by atoms with Crippen LogP contribution >= 0.6 is 15.9 Å². The molecule has 1 aliphatic rings. The van der Waals surface area contributed by atoms with Gasteiger partial charge in [0, 0.05) is 48.3 Å². The summed E-state index contributed by atoms with van der Waals surface area (Å²) in [5.41, 5.74) is 1.92. The lowest BCUT2D eigenvalue weighted by Gasteiger charge is -2.27. The molecule has 4 nitrogen and oxygen atoms in total. The number of halogens is 1. The quantitative estimate of drug-likeness (QED) is 0.904. The fourth-order valence-electron chi connectivity index (χ4n) is 2.86. The van der Waals surface area contributed by atoms with Crippen molar-refractivity contribution in [3.63, 3.8) is 0 Å². The summed E-state index contributed by atoms with van der Waals surface area (Å²) in [6.07, 6.45) is 2.01. The van der Waals surface area contributed by atoms with Crippen LogP contribution in [0.5, 0.6) is 0 Å². The van der Waals surface area contributed by atoms with E-state index >= 15 is 0 Å². The normalized spacial score (nSPS) is 15.9. The Hall–Kier alpha value is -1.33. The molecule has 0 unspecified atom stereocenters. The SMILES string of the molecule is CC(C)n1cc(C(=O)N2CCNCC2)c2ccc(Br)cc21. The van der Waals surface area contributed by atoms with Crippen LogP contribution in [-0.2, 0) is 0 Å². The summed E-state index contributed by atoms with van der Waals surface area (Å²) in [7, 11) is 0. The molecule has 0 atom stereocenters. The predicted octanol–water partition coefficient (Wildman–Crippen LogP) is 3.03. The molecule has 1 N–H and O–H groups in total. The summed E-state index contributed by atoms with van der Waals surface area (Å²) in [6.45, 7) is 7.59. The smallest absolute Gasteiger partial charge is 0.256 e. The molecule has 1 fully saturated rings. The van der Waals surface area contributed by atoms with Gasteiger partial charge in [-0.05, 0) is 26.0 Å². The summed E-state index contributed by atoms with van der Waals surface area (Å²) in [6, 6.07) is 6.45. The van der Waals surface area contributed by atoms with E-state index in [0.29, 0.717) is 6.04 Å². The Morgan fingerprint density at radius 3 is 2.67 bits per heavy atom. The van der Waals surface area contributed by atoms with E-state index in [1.807, 2.05) is 23.2 Å². The Balaban J connectivity index is 2.07. The number of fused-ring (bicyclic) bond motifs is 1. The third kappa shape index (κ3) is 2.72. The van der Waals surface area contributed by atoms with Crippen molar-refractivity contribution in [3.05, 3.63) is 34.4 Å². The molecule has 5 heteroatoms. The number of hydrogen-bond acceptors (Lipinski definition) is 2. The maximum absolute atomic E-state index is 12.8. The Morgan fingerprint density at radius 2 is 2.00 bits per heavy atom. The average molecular weight is 350 g/mol. The largest absolute Gasteiger partial charge is 0.344 e. The van der Waals surface area contributed by atoms with E-state index in [0.717, 1.165) is 47.1 Å². The molecule has 0 radical (unpaired) electrons. The van der Waals surface area contributed by atoms with Gasteiger partial charge in [-0.3, -0.25) is 4.79 Å². The van der Waals surface area contributed by atoms with Crippen LogP contribution in [0.3, 0.4) is 0 Å². The zero-order chi connectivity index (χ0) is 15.0. The number of hydrogen-bond donors (Lipinski definition) is 1. The lowest BCUT2D eigenvalue weighted by molar-refractivity contribution is 0.0737. The minimum Gasteiger partial charge on any atom is -0.344 e. The number of nitrogens with one attached hydrogen (secondary N) is 1. The predicted molar refractivity (Wildman–Crippen MR) is 88.8 cm³/mol. The van der Waals surface area contributed by atoms with Crippen LogP contribution in [0.4, 0.5) is 0 Å². The second kappa shape index (κ2) is 5.81. The van der Waals surface area contributed by atoms with Gasteiger partial charge >= 0.3 is 0 Å². The lowest BCUT2D eigenvalue weighted by Crippen LogP contribution is -2.46. The van der Waals surface area contributed by atoms with Crippen molar-refractivity contribution in [1.82, 2.24) is 14.8 Å². The zero-order valence-corrected chi connectivity index (χ0v) is 14.0. The fourth-order valence-corrected chi connectivity index (χ4v) is 3.21. The molecule has 1 amide bonds. The van der Waals surface area contributed by atoms with E-state index in [9.17, 15) is 4.79 Å². The molecule has 1 aliphatic heterocycles. The molecule has 1 aromatic carbocycles. The molecule has 1 saturated heterocycles. The molecule has 0 saturated carbocycles. The van der Waals surface area contributed by atoms with E-state index < -0.39 is 0 Å². The van der Waals surface area contributed by atoms with Crippen LogP contribution in [0, 0.1) is 0 Å². The van der Waals surface area contributed by atoms with Gasteiger partial charge in [0.1, 0.15) is 0 Å².